The van der Waals surface area contributed by atoms with Crippen LogP contribution in [0.2, 0.25) is 5.02 Å². The van der Waals surface area contributed by atoms with E-state index in [0.717, 1.165) is 41.3 Å². The van der Waals surface area contributed by atoms with E-state index < -0.39 is 0 Å². The van der Waals surface area contributed by atoms with Gasteiger partial charge in [-0.3, -0.25) is 5.10 Å². The number of nitrogen functional groups attached to an aromatic ring is 1. The summed E-state index contributed by atoms with van der Waals surface area (Å²) in [4.78, 5) is 10.8. The molecule has 1 aromatic carbocycles. The zero-order valence-electron chi connectivity index (χ0n) is 15.0. The summed E-state index contributed by atoms with van der Waals surface area (Å²) in [6.07, 6.45) is 2.63. The lowest BCUT2D eigenvalue weighted by Crippen LogP contribution is -2.32. The number of aryl methyl sites for hydroxylation is 1. The standard InChI is InChI=1S/C19H21ClN6O/c1-12-9-18(24-19(21)23-12)26-7-2-8-27-11-17(26)14-10-13(3-4-15(14)20)16-5-6-22-25-16/h3-6,9-10,17H,2,7-8,11H2,1H3,(H,22,25)(H2,21,23,24)/t17-/m0/s1. The number of nitrogens with zero attached hydrogens (tertiary/aromatic N) is 4. The van der Waals surface area contributed by atoms with Crippen molar-refractivity contribution < 1.29 is 4.74 Å². The Bertz CT molecular complexity index is 910. The highest BCUT2D eigenvalue weighted by Gasteiger charge is 2.27. The van der Waals surface area contributed by atoms with Crippen LogP contribution < -0.4 is 10.6 Å². The minimum Gasteiger partial charge on any atom is -0.379 e. The summed E-state index contributed by atoms with van der Waals surface area (Å²) in [5.74, 6) is 1.06. The van der Waals surface area contributed by atoms with E-state index in [0.29, 0.717) is 18.2 Å². The highest BCUT2D eigenvalue weighted by atomic mass is 35.5. The van der Waals surface area contributed by atoms with Gasteiger partial charge in [0.15, 0.2) is 0 Å². The van der Waals surface area contributed by atoms with Crippen molar-refractivity contribution >= 4 is 23.4 Å². The van der Waals surface area contributed by atoms with Gasteiger partial charge in [-0.25, -0.2) is 4.98 Å². The van der Waals surface area contributed by atoms with Crippen molar-refractivity contribution in [3.63, 3.8) is 0 Å². The molecule has 3 N–H and O–H groups in total. The summed E-state index contributed by atoms with van der Waals surface area (Å²) in [5, 5.41) is 7.73. The Hall–Kier alpha value is -2.64. The van der Waals surface area contributed by atoms with Crippen LogP contribution >= 0.6 is 11.6 Å². The van der Waals surface area contributed by atoms with Crippen molar-refractivity contribution in [2.24, 2.45) is 0 Å². The minimum atomic E-state index is -0.0726. The topological polar surface area (TPSA) is 93.0 Å². The van der Waals surface area contributed by atoms with Crippen molar-refractivity contribution in [3.8, 4) is 11.3 Å². The van der Waals surface area contributed by atoms with Gasteiger partial charge in [0.05, 0.1) is 18.3 Å². The molecule has 1 aliphatic rings. The molecule has 0 bridgehead atoms. The van der Waals surface area contributed by atoms with Gasteiger partial charge in [-0.15, -0.1) is 0 Å². The third-order valence-electron chi connectivity index (χ3n) is 4.66. The lowest BCUT2D eigenvalue weighted by molar-refractivity contribution is 0.134. The van der Waals surface area contributed by atoms with E-state index in [1.165, 1.54) is 0 Å². The molecule has 140 valence electrons. The predicted octanol–water partition coefficient (Wildman–Crippen LogP) is 3.38. The molecule has 1 fully saturated rings. The molecular formula is C19H21ClN6O. The molecule has 4 rings (SSSR count). The molecule has 27 heavy (non-hydrogen) atoms. The largest absolute Gasteiger partial charge is 0.379 e. The number of nitrogens with one attached hydrogen (secondary N) is 1. The first kappa shape index (κ1) is 17.8. The summed E-state index contributed by atoms with van der Waals surface area (Å²) in [6.45, 7) is 3.93. The fourth-order valence-corrected chi connectivity index (χ4v) is 3.66. The van der Waals surface area contributed by atoms with Crippen LogP contribution in [0.3, 0.4) is 0 Å². The van der Waals surface area contributed by atoms with Crippen LogP contribution in [0.5, 0.6) is 0 Å². The molecule has 3 aromatic rings. The van der Waals surface area contributed by atoms with Crippen LogP contribution in [-0.2, 0) is 4.74 Å². The average Bonchev–Trinajstić information content (AvgIpc) is 3.06. The maximum atomic E-state index is 6.59. The van der Waals surface area contributed by atoms with Crippen molar-refractivity contribution in [2.75, 3.05) is 30.4 Å². The number of aromatic amines is 1. The van der Waals surface area contributed by atoms with E-state index in [2.05, 4.69) is 31.1 Å². The second kappa shape index (κ2) is 7.54. The Labute approximate surface area is 162 Å². The Morgan fingerprint density at radius 3 is 2.93 bits per heavy atom. The fraction of sp³-hybridized carbons (Fsp3) is 0.316. The molecule has 0 spiro atoms. The monoisotopic (exact) mass is 384 g/mol. The minimum absolute atomic E-state index is 0.0726. The summed E-state index contributed by atoms with van der Waals surface area (Å²) >= 11 is 6.59. The first-order valence-corrected chi connectivity index (χ1v) is 9.24. The van der Waals surface area contributed by atoms with Crippen LogP contribution in [0, 0.1) is 6.92 Å². The van der Waals surface area contributed by atoms with Gasteiger partial charge in [0.2, 0.25) is 5.95 Å². The van der Waals surface area contributed by atoms with Gasteiger partial charge in [-0.1, -0.05) is 17.7 Å². The van der Waals surface area contributed by atoms with Gasteiger partial charge in [0.25, 0.3) is 0 Å². The van der Waals surface area contributed by atoms with Crippen molar-refractivity contribution in [1.29, 1.82) is 0 Å². The maximum absolute atomic E-state index is 6.59. The van der Waals surface area contributed by atoms with E-state index in [9.17, 15) is 0 Å². The van der Waals surface area contributed by atoms with Crippen molar-refractivity contribution in [2.45, 2.75) is 19.4 Å². The van der Waals surface area contributed by atoms with Gasteiger partial charge >= 0.3 is 0 Å². The molecule has 0 radical (unpaired) electrons. The number of anilines is 2. The normalized spacial score (nSPS) is 17.7. The molecule has 0 saturated carbocycles. The lowest BCUT2D eigenvalue weighted by Gasteiger charge is -2.31. The average molecular weight is 385 g/mol. The van der Waals surface area contributed by atoms with Crippen LogP contribution in [0.4, 0.5) is 11.8 Å². The maximum Gasteiger partial charge on any atom is 0.222 e. The van der Waals surface area contributed by atoms with E-state index in [-0.39, 0.29) is 12.0 Å². The van der Waals surface area contributed by atoms with E-state index >= 15 is 0 Å². The van der Waals surface area contributed by atoms with Gasteiger partial charge in [-0.2, -0.15) is 10.1 Å². The number of nitrogens with two attached hydrogens (primary N) is 1. The molecule has 1 saturated heterocycles. The van der Waals surface area contributed by atoms with E-state index in [1.807, 2.05) is 31.2 Å². The second-order valence-electron chi connectivity index (χ2n) is 6.57. The molecule has 7 nitrogen and oxygen atoms in total. The number of H-pyrrole nitrogens is 1. The summed E-state index contributed by atoms with van der Waals surface area (Å²) in [5.41, 5.74) is 9.67. The quantitative estimate of drug-likeness (QED) is 0.719. The Balaban J connectivity index is 1.78. The molecule has 0 aliphatic carbocycles. The number of aromatic nitrogens is 4. The molecule has 0 amide bonds. The molecule has 2 aromatic heterocycles. The van der Waals surface area contributed by atoms with E-state index in [1.54, 1.807) is 6.20 Å². The molecule has 0 unspecified atom stereocenters. The SMILES string of the molecule is Cc1cc(N2CCCOC[C@H]2c2cc(-c3ccn[nH]3)ccc2Cl)nc(N)n1. The lowest BCUT2D eigenvalue weighted by atomic mass is 10.0. The Morgan fingerprint density at radius 1 is 1.26 bits per heavy atom. The number of ether oxygens (including phenoxy) is 1. The van der Waals surface area contributed by atoms with Gasteiger partial charge in [0.1, 0.15) is 5.82 Å². The number of halogens is 1. The number of hydrogen-bond donors (Lipinski definition) is 2. The first-order valence-electron chi connectivity index (χ1n) is 8.86. The fourth-order valence-electron chi connectivity index (χ4n) is 3.41. The zero-order valence-corrected chi connectivity index (χ0v) is 15.8. The number of hydrogen-bond acceptors (Lipinski definition) is 6. The number of benzene rings is 1. The molecule has 1 aliphatic heterocycles. The molecule has 1 atom stereocenters. The third kappa shape index (κ3) is 3.74. The van der Waals surface area contributed by atoms with Crippen LogP contribution in [0.15, 0.2) is 36.5 Å². The molecule has 8 heteroatoms. The van der Waals surface area contributed by atoms with Crippen LogP contribution in [-0.4, -0.2) is 39.9 Å². The Morgan fingerprint density at radius 2 is 2.15 bits per heavy atom. The summed E-state index contributed by atoms with van der Waals surface area (Å²) < 4.78 is 5.86. The smallest absolute Gasteiger partial charge is 0.222 e. The molecular weight excluding hydrogens is 364 g/mol. The first-order chi connectivity index (χ1) is 13.1. The Kier molecular flexibility index (Phi) is 4.96. The van der Waals surface area contributed by atoms with Gasteiger partial charge in [-0.05, 0) is 42.7 Å². The number of rotatable bonds is 3. The summed E-state index contributed by atoms with van der Waals surface area (Å²) in [6, 6.07) is 9.78. The summed E-state index contributed by atoms with van der Waals surface area (Å²) in [7, 11) is 0. The van der Waals surface area contributed by atoms with Crippen molar-refractivity contribution in [1.82, 2.24) is 20.2 Å². The second-order valence-corrected chi connectivity index (χ2v) is 6.98. The van der Waals surface area contributed by atoms with Gasteiger partial charge in [0, 0.05) is 36.1 Å². The van der Waals surface area contributed by atoms with E-state index in [4.69, 9.17) is 22.1 Å². The zero-order chi connectivity index (χ0) is 18.8. The van der Waals surface area contributed by atoms with Crippen LogP contribution in [0.1, 0.15) is 23.7 Å². The van der Waals surface area contributed by atoms with Crippen molar-refractivity contribution in [3.05, 3.63) is 52.8 Å². The third-order valence-corrected chi connectivity index (χ3v) is 5.00. The van der Waals surface area contributed by atoms with Gasteiger partial charge < -0.3 is 15.4 Å². The highest BCUT2D eigenvalue weighted by molar-refractivity contribution is 6.31. The molecule has 3 heterocycles. The predicted molar refractivity (Wildman–Crippen MR) is 106 cm³/mol. The highest BCUT2D eigenvalue weighted by Crippen LogP contribution is 2.35. The van der Waals surface area contributed by atoms with Crippen LogP contribution in [0.25, 0.3) is 11.3 Å².